The number of aromatic nitrogens is 4. The number of nitrogens with two attached hydrogens (primary N) is 2. The Kier molecular flexibility index (Phi) is 7.31. The summed E-state index contributed by atoms with van der Waals surface area (Å²) in [5.74, 6) is -1.20. The van der Waals surface area contributed by atoms with Crippen LogP contribution in [-0.4, -0.2) is 82.5 Å². The number of benzene rings is 1. The van der Waals surface area contributed by atoms with Gasteiger partial charge in [0.15, 0.2) is 17.4 Å². The van der Waals surface area contributed by atoms with E-state index >= 15 is 0 Å². The molecule has 4 aromatic rings. The van der Waals surface area contributed by atoms with Crippen LogP contribution in [0.5, 0.6) is 0 Å². The number of morpholine rings is 1. The number of pyridine rings is 1. The van der Waals surface area contributed by atoms with Gasteiger partial charge in [0.1, 0.15) is 17.5 Å². The molecule has 3 aromatic heterocycles. The van der Waals surface area contributed by atoms with E-state index in [0.29, 0.717) is 25.1 Å². The monoisotopic (exact) mass is 597 g/mol. The molecule has 0 radical (unpaired) electrons. The van der Waals surface area contributed by atoms with E-state index in [1.807, 2.05) is 0 Å². The minimum absolute atomic E-state index is 0.0550. The van der Waals surface area contributed by atoms with Crippen LogP contribution in [-0.2, 0) is 10.9 Å². The average Bonchev–Trinajstić information content (AvgIpc) is 3.45. The minimum atomic E-state index is -4.73. The highest BCUT2D eigenvalue weighted by Gasteiger charge is 2.36. The molecule has 2 aliphatic heterocycles. The first-order chi connectivity index (χ1) is 20.6. The Morgan fingerprint density at radius 3 is 2.56 bits per heavy atom. The number of nitrogens with zero attached hydrogens (tertiary/aromatic N) is 6. The van der Waals surface area contributed by atoms with E-state index in [-0.39, 0.29) is 78.0 Å². The molecule has 0 spiro atoms. The molecule has 2 fully saturated rings. The van der Waals surface area contributed by atoms with Crippen LogP contribution in [0.1, 0.15) is 38.4 Å². The standard InChI is InChI=1S/C27H26F3N9O4/c28-27(29,30)17-11-20(31)34-12-16(17)23-35-24(19-13-33-4-9-42-19)37-26(36-23)39-7-5-38(6-8-39)25(41)18-10-14-2-1-3-15(22(32)40)21(14)43-18/h1-3,10-12,19,33H,4-9,13H2,(H2,31,34)(H2,32,40). The number of carbonyl (C=O) groups excluding carboxylic acids is 2. The van der Waals surface area contributed by atoms with Crippen LogP contribution >= 0.6 is 0 Å². The fraction of sp³-hybridized carbons (Fsp3) is 0.333. The number of carbonyl (C=O) groups is 2. The quantitative estimate of drug-likeness (QED) is 0.306. The topological polar surface area (TPSA) is 179 Å². The molecule has 13 nitrogen and oxygen atoms in total. The van der Waals surface area contributed by atoms with Gasteiger partial charge in [0.2, 0.25) is 5.95 Å². The number of amides is 2. The highest BCUT2D eigenvalue weighted by atomic mass is 19.4. The molecule has 6 rings (SSSR count). The van der Waals surface area contributed by atoms with Crippen molar-refractivity contribution in [3.05, 3.63) is 59.2 Å². The first kappa shape index (κ1) is 28.3. The molecular formula is C27H26F3N9O4. The van der Waals surface area contributed by atoms with Gasteiger partial charge in [-0.05, 0) is 18.2 Å². The van der Waals surface area contributed by atoms with Gasteiger partial charge in [-0.3, -0.25) is 9.59 Å². The number of primary amides is 1. The molecule has 224 valence electrons. The van der Waals surface area contributed by atoms with E-state index in [1.54, 1.807) is 28.0 Å². The van der Waals surface area contributed by atoms with E-state index in [2.05, 4.69) is 25.3 Å². The van der Waals surface area contributed by atoms with Crippen LogP contribution < -0.4 is 21.7 Å². The summed E-state index contributed by atoms with van der Waals surface area (Å²) in [6, 6.07) is 7.17. The summed E-state index contributed by atoms with van der Waals surface area (Å²) in [6.45, 7) is 2.40. The Morgan fingerprint density at radius 1 is 1.07 bits per heavy atom. The van der Waals surface area contributed by atoms with Gasteiger partial charge in [-0.2, -0.15) is 23.1 Å². The zero-order valence-corrected chi connectivity index (χ0v) is 22.6. The molecule has 1 aromatic carbocycles. The molecule has 1 atom stereocenters. The van der Waals surface area contributed by atoms with Crippen molar-refractivity contribution < 1.29 is 31.9 Å². The molecule has 0 aliphatic carbocycles. The normalized spacial score (nSPS) is 17.8. The summed E-state index contributed by atoms with van der Waals surface area (Å²) in [7, 11) is 0. The third-order valence-corrected chi connectivity index (χ3v) is 7.20. The van der Waals surface area contributed by atoms with Crippen LogP contribution in [0, 0.1) is 0 Å². The molecule has 2 amide bonds. The molecule has 2 aliphatic rings. The van der Waals surface area contributed by atoms with Crippen molar-refractivity contribution in [3.8, 4) is 11.4 Å². The summed E-state index contributed by atoms with van der Waals surface area (Å²) in [6.07, 6.45) is -4.34. The predicted molar refractivity (Wildman–Crippen MR) is 147 cm³/mol. The number of hydrogen-bond donors (Lipinski definition) is 3. The van der Waals surface area contributed by atoms with Gasteiger partial charge >= 0.3 is 6.18 Å². The van der Waals surface area contributed by atoms with Crippen LogP contribution in [0.25, 0.3) is 22.4 Å². The number of para-hydroxylation sites is 1. The smallest absolute Gasteiger partial charge is 0.417 e. The van der Waals surface area contributed by atoms with Crippen LogP contribution in [0.3, 0.4) is 0 Å². The van der Waals surface area contributed by atoms with Crippen molar-refractivity contribution >= 4 is 34.5 Å². The molecule has 0 saturated carbocycles. The number of ether oxygens (including phenoxy) is 1. The number of piperazine rings is 1. The average molecular weight is 598 g/mol. The maximum Gasteiger partial charge on any atom is 0.417 e. The Balaban J connectivity index is 1.28. The highest BCUT2D eigenvalue weighted by molar-refractivity contribution is 6.06. The van der Waals surface area contributed by atoms with Crippen LogP contribution in [0.4, 0.5) is 24.9 Å². The van der Waals surface area contributed by atoms with E-state index < -0.39 is 23.8 Å². The lowest BCUT2D eigenvalue weighted by atomic mass is 10.1. The number of hydrogen-bond acceptors (Lipinski definition) is 11. The molecule has 5 heterocycles. The second-order valence-corrected chi connectivity index (χ2v) is 10.0. The fourth-order valence-electron chi connectivity index (χ4n) is 5.03. The maximum atomic E-state index is 13.9. The van der Waals surface area contributed by atoms with E-state index in [9.17, 15) is 22.8 Å². The second kappa shape index (κ2) is 11.1. The maximum absolute atomic E-state index is 13.9. The second-order valence-electron chi connectivity index (χ2n) is 10.0. The van der Waals surface area contributed by atoms with Gasteiger partial charge in [0.05, 0.1) is 23.3 Å². The van der Waals surface area contributed by atoms with Gasteiger partial charge in [-0.25, -0.2) is 9.97 Å². The molecule has 5 N–H and O–H groups in total. The zero-order valence-electron chi connectivity index (χ0n) is 22.6. The van der Waals surface area contributed by atoms with Crippen molar-refractivity contribution in [2.75, 3.05) is 56.5 Å². The minimum Gasteiger partial charge on any atom is -0.450 e. The summed E-state index contributed by atoms with van der Waals surface area (Å²) < 4.78 is 53.3. The number of rotatable bonds is 5. The summed E-state index contributed by atoms with van der Waals surface area (Å²) in [4.78, 5) is 45.5. The van der Waals surface area contributed by atoms with Gasteiger partial charge in [0.25, 0.3) is 11.8 Å². The third kappa shape index (κ3) is 5.65. The Labute approximate surface area is 242 Å². The number of nitrogen functional groups attached to an aromatic ring is 1. The Morgan fingerprint density at radius 2 is 1.86 bits per heavy atom. The van der Waals surface area contributed by atoms with E-state index in [1.165, 1.54) is 6.07 Å². The molecule has 1 unspecified atom stereocenters. The molecular weight excluding hydrogens is 571 g/mol. The summed E-state index contributed by atoms with van der Waals surface area (Å²) in [5, 5.41) is 3.73. The lowest BCUT2D eigenvalue weighted by molar-refractivity contribution is -0.137. The summed E-state index contributed by atoms with van der Waals surface area (Å²) >= 11 is 0. The Hall–Kier alpha value is -4.83. The molecule has 2 saturated heterocycles. The lowest BCUT2D eigenvalue weighted by Gasteiger charge is -2.34. The predicted octanol–water partition coefficient (Wildman–Crippen LogP) is 2.00. The number of furan rings is 1. The number of halogens is 3. The van der Waals surface area contributed by atoms with E-state index in [4.69, 9.17) is 20.6 Å². The number of alkyl halides is 3. The van der Waals surface area contributed by atoms with Gasteiger partial charge in [-0.15, -0.1) is 0 Å². The van der Waals surface area contributed by atoms with Crippen LogP contribution in [0.2, 0.25) is 0 Å². The largest absolute Gasteiger partial charge is 0.450 e. The SMILES string of the molecule is NC(=O)c1cccc2cc(C(=O)N3CCN(c4nc(-c5cnc(N)cc5C(F)(F)F)nc(C5CNCCO5)n4)CC3)oc12. The third-order valence-electron chi connectivity index (χ3n) is 7.20. The highest BCUT2D eigenvalue weighted by Crippen LogP contribution is 2.37. The Bertz CT molecular complexity index is 1700. The number of nitrogens with one attached hydrogen (secondary N) is 1. The van der Waals surface area contributed by atoms with Crippen molar-refractivity contribution in [2.24, 2.45) is 5.73 Å². The first-order valence-electron chi connectivity index (χ1n) is 13.4. The number of fused-ring (bicyclic) bond motifs is 1. The van der Waals surface area contributed by atoms with Gasteiger partial charge in [0, 0.05) is 50.9 Å². The molecule has 0 bridgehead atoms. The van der Waals surface area contributed by atoms with Crippen molar-refractivity contribution in [2.45, 2.75) is 12.3 Å². The number of anilines is 2. The first-order valence-corrected chi connectivity index (χ1v) is 13.4. The lowest BCUT2D eigenvalue weighted by Crippen LogP contribution is -2.49. The van der Waals surface area contributed by atoms with Gasteiger partial charge in [-0.1, -0.05) is 12.1 Å². The van der Waals surface area contributed by atoms with Gasteiger partial charge < -0.3 is 35.7 Å². The summed E-state index contributed by atoms with van der Waals surface area (Å²) in [5.41, 5.74) is 10.0. The van der Waals surface area contributed by atoms with Crippen LogP contribution in [0.15, 0.2) is 40.9 Å². The van der Waals surface area contributed by atoms with Crippen molar-refractivity contribution in [1.29, 1.82) is 0 Å². The fourth-order valence-corrected chi connectivity index (χ4v) is 5.03. The molecule has 43 heavy (non-hydrogen) atoms. The van der Waals surface area contributed by atoms with Crippen molar-refractivity contribution in [3.63, 3.8) is 0 Å². The van der Waals surface area contributed by atoms with Crippen molar-refractivity contribution in [1.82, 2.24) is 30.2 Å². The molecule has 16 heteroatoms. The van der Waals surface area contributed by atoms with E-state index in [0.717, 1.165) is 12.3 Å². The zero-order chi connectivity index (χ0) is 30.3.